The molecule has 1 unspecified atom stereocenters. The number of para-hydroxylation sites is 1. The Morgan fingerprint density at radius 2 is 1.79 bits per heavy atom. The number of carbonyl (C=O) groups is 1. The smallest absolute Gasteiger partial charge is 0.406 e. The number of ether oxygens (including phenoxy) is 1. The van der Waals surface area contributed by atoms with Crippen LogP contribution in [0.15, 0.2) is 89.5 Å². The SMILES string of the molecule is CCc1ccccc1-n1c(C)cs/c1=N\C(=O)NCC(C)c1ccc(-c2ncn(-c3ccc(OC(F)(F)F)cc3)n2)cc1. The lowest BCUT2D eigenvalue weighted by atomic mass is 10.00. The van der Waals surface area contributed by atoms with Gasteiger partial charge in [0.25, 0.3) is 0 Å². The van der Waals surface area contributed by atoms with Crippen molar-refractivity contribution < 1.29 is 22.7 Å². The van der Waals surface area contributed by atoms with Crippen LogP contribution in [0, 0.1) is 6.92 Å². The van der Waals surface area contributed by atoms with E-state index in [0.29, 0.717) is 22.9 Å². The summed E-state index contributed by atoms with van der Waals surface area (Å²) in [6, 6.07) is 20.8. The summed E-state index contributed by atoms with van der Waals surface area (Å²) in [7, 11) is 0. The van der Waals surface area contributed by atoms with Crippen LogP contribution < -0.4 is 14.9 Å². The monoisotopic (exact) mass is 606 g/mol. The minimum atomic E-state index is -4.75. The number of carbonyl (C=O) groups excluding carboxylic acids is 1. The lowest BCUT2D eigenvalue weighted by molar-refractivity contribution is -0.274. The minimum Gasteiger partial charge on any atom is -0.406 e. The molecule has 3 aromatic carbocycles. The van der Waals surface area contributed by atoms with Crippen LogP contribution in [0.3, 0.4) is 0 Å². The predicted octanol–water partition coefficient (Wildman–Crippen LogP) is 6.97. The van der Waals surface area contributed by atoms with Gasteiger partial charge in [-0.1, -0.05) is 56.3 Å². The molecule has 0 aliphatic carbocycles. The maximum absolute atomic E-state index is 12.8. The van der Waals surface area contributed by atoms with Crippen molar-refractivity contribution in [2.75, 3.05) is 6.54 Å². The van der Waals surface area contributed by atoms with Crippen LogP contribution in [0.5, 0.6) is 5.75 Å². The van der Waals surface area contributed by atoms with E-state index in [2.05, 4.69) is 38.1 Å². The predicted molar refractivity (Wildman–Crippen MR) is 159 cm³/mol. The highest BCUT2D eigenvalue weighted by Crippen LogP contribution is 2.25. The second kappa shape index (κ2) is 12.7. The Morgan fingerprint density at radius 1 is 1.07 bits per heavy atom. The number of nitrogens with one attached hydrogen (secondary N) is 1. The third kappa shape index (κ3) is 7.20. The number of rotatable bonds is 8. The van der Waals surface area contributed by atoms with Gasteiger partial charge in [-0.3, -0.25) is 4.57 Å². The number of nitrogens with zero attached hydrogens (tertiary/aromatic N) is 5. The van der Waals surface area contributed by atoms with E-state index in [4.69, 9.17) is 0 Å². The Balaban J connectivity index is 1.22. The molecule has 0 fully saturated rings. The molecule has 0 saturated heterocycles. The number of halogens is 3. The topological polar surface area (TPSA) is 86.3 Å². The van der Waals surface area contributed by atoms with Crippen molar-refractivity contribution in [1.82, 2.24) is 24.6 Å². The highest BCUT2D eigenvalue weighted by atomic mass is 32.1. The minimum absolute atomic E-state index is 0.0224. The zero-order chi connectivity index (χ0) is 30.6. The number of benzene rings is 3. The molecule has 5 rings (SSSR count). The molecule has 2 amide bonds. The molecular formula is C31H29F3N6O2S. The van der Waals surface area contributed by atoms with Gasteiger partial charge in [-0.2, -0.15) is 4.99 Å². The van der Waals surface area contributed by atoms with Crippen molar-refractivity contribution in [2.45, 2.75) is 39.5 Å². The Bertz CT molecular complexity index is 1770. The number of hydrogen-bond acceptors (Lipinski definition) is 5. The molecule has 1 N–H and O–H groups in total. The van der Waals surface area contributed by atoms with Gasteiger partial charge in [-0.05, 0) is 60.7 Å². The van der Waals surface area contributed by atoms with Crippen LogP contribution >= 0.6 is 11.3 Å². The van der Waals surface area contributed by atoms with Crippen LogP contribution in [0.1, 0.15) is 36.6 Å². The molecular weight excluding hydrogens is 577 g/mol. The number of alkyl halides is 3. The van der Waals surface area contributed by atoms with E-state index in [9.17, 15) is 18.0 Å². The maximum atomic E-state index is 12.8. The van der Waals surface area contributed by atoms with Crippen LogP contribution in [0.2, 0.25) is 0 Å². The first-order valence-corrected chi connectivity index (χ1v) is 14.5. The number of aryl methyl sites for hydroxylation is 2. The van der Waals surface area contributed by atoms with E-state index in [1.54, 1.807) is 0 Å². The van der Waals surface area contributed by atoms with Gasteiger partial charge in [-0.15, -0.1) is 29.6 Å². The van der Waals surface area contributed by atoms with E-state index in [-0.39, 0.29) is 11.7 Å². The fraction of sp³-hybridized carbons (Fsp3) is 0.226. The van der Waals surface area contributed by atoms with Crippen molar-refractivity contribution in [1.29, 1.82) is 0 Å². The molecule has 0 aliphatic rings. The molecule has 0 saturated carbocycles. The van der Waals surface area contributed by atoms with Gasteiger partial charge in [0.15, 0.2) is 10.6 Å². The van der Waals surface area contributed by atoms with E-state index >= 15 is 0 Å². The molecule has 0 spiro atoms. The summed E-state index contributed by atoms with van der Waals surface area (Å²) in [5.74, 6) is 0.175. The lowest BCUT2D eigenvalue weighted by Crippen LogP contribution is -2.27. The van der Waals surface area contributed by atoms with Crippen molar-refractivity contribution in [3.8, 4) is 28.5 Å². The molecule has 1 atom stereocenters. The van der Waals surface area contributed by atoms with Gasteiger partial charge >= 0.3 is 12.4 Å². The van der Waals surface area contributed by atoms with E-state index in [1.165, 1.54) is 52.2 Å². The standard InChI is InChI=1S/C31H29F3N6O2S/c1-4-22-7-5-6-8-27(22)40-21(3)18-43-30(40)37-29(41)35-17-20(2)23-9-11-24(12-10-23)28-36-19-39(38-28)25-13-15-26(16-14-25)42-31(32,33)34/h5-16,18-20H,4,17H2,1-3H3,(H,35,41)/b37-30-. The summed E-state index contributed by atoms with van der Waals surface area (Å²) in [6.07, 6.45) is -2.39. The summed E-state index contributed by atoms with van der Waals surface area (Å²) >= 11 is 1.43. The average molecular weight is 607 g/mol. The van der Waals surface area contributed by atoms with Gasteiger partial charge in [-0.25, -0.2) is 14.5 Å². The highest BCUT2D eigenvalue weighted by Gasteiger charge is 2.31. The van der Waals surface area contributed by atoms with Gasteiger partial charge in [0.2, 0.25) is 0 Å². The van der Waals surface area contributed by atoms with Gasteiger partial charge in [0.05, 0.1) is 11.4 Å². The largest absolute Gasteiger partial charge is 0.573 e. The number of thiazole rings is 1. The quantitative estimate of drug-likeness (QED) is 0.207. The molecule has 222 valence electrons. The summed E-state index contributed by atoms with van der Waals surface area (Å²) in [5, 5.41) is 9.35. The van der Waals surface area contributed by atoms with E-state index in [0.717, 1.165) is 28.9 Å². The van der Waals surface area contributed by atoms with Crippen molar-refractivity contribution >= 4 is 17.4 Å². The Labute approximate surface area is 250 Å². The second-order valence-electron chi connectivity index (χ2n) is 9.85. The van der Waals surface area contributed by atoms with Crippen LogP contribution in [-0.4, -0.2) is 38.3 Å². The first-order valence-electron chi connectivity index (χ1n) is 13.6. The van der Waals surface area contributed by atoms with Gasteiger partial charge in [0, 0.05) is 23.2 Å². The van der Waals surface area contributed by atoms with E-state index in [1.807, 2.05) is 66.3 Å². The highest BCUT2D eigenvalue weighted by molar-refractivity contribution is 7.07. The molecule has 8 nitrogen and oxygen atoms in total. The molecule has 12 heteroatoms. The molecule has 0 radical (unpaired) electrons. The fourth-order valence-corrected chi connectivity index (χ4v) is 5.42. The lowest BCUT2D eigenvalue weighted by Gasteiger charge is -2.13. The molecule has 43 heavy (non-hydrogen) atoms. The third-order valence-corrected chi connectivity index (χ3v) is 7.76. The van der Waals surface area contributed by atoms with Crippen molar-refractivity contribution in [2.24, 2.45) is 4.99 Å². The molecule has 0 bridgehead atoms. The van der Waals surface area contributed by atoms with Crippen molar-refractivity contribution in [3.05, 3.63) is 106 Å². The molecule has 2 aromatic heterocycles. The van der Waals surface area contributed by atoms with E-state index < -0.39 is 12.4 Å². The molecule has 0 aliphatic heterocycles. The zero-order valence-corrected chi connectivity index (χ0v) is 24.5. The van der Waals surface area contributed by atoms with Crippen molar-refractivity contribution in [3.63, 3.8) is 0 Å². The Morgan fingerprint density at radius 3 is 2.49 bits per heavy atom. The van der Waals surface area contributed by atoms with Crippen LogP contribution in [0.4, 0.5) is 18.0 Å². The number of aromatic nitrogens is 4. The third-order valence-electron chi connectivity index (χ3n) is 6.81. The molecule has 5 aromatic rings. The summed E-state index contributed by atoms with van der Waals surface area (Å²) in [6.45, 7) is 6.52. The maximum Gasteiger partial charge on any atom is 0.573 e. The van der Waals surface area contributed by atoms with Gasteiger partial charge < -0.3 is 10.1 Å². The molecule has 2 heterocycles. The average Bonchev–Trinajstić information content (AvgIpc) is 3.62. The normalized spacial score (nSPS) is 12.7. The summed E-state index contributed by atoms with van der Waals surface area (Å²) in [5.41, 5.74) is 5.55. The van der Waals surface area contributed by atoms with Crippen LogP contribution in [0.25, 0.3) is 22.8 Å². The second-order valence-corrected chi connectivity index (χ2v) is 10.7. The van der Waals surface area contributed by atoms with Gasteiger partial charge in [0.1, 0.15) is 12.1 Å². The fourth-order valence-electron chi connectivity index (χ4n) is 4.56. The summed E-state index contributed by atoms with van der Waals surface area (Å²) in [4.78, 5) is 22.1. The first-order chi connectivity index (χ1) is 20.6. The van der Waals surface area contributed by atoms with Crippen LogP contribution in [-0.2, 0) is 6.42 Å². The Kier molecular flexibility index (Phi) is 8.76. The number of urea groups is 1. The summed E-state index contributed by atoms with van der Waals surface area (Å²) < 4.78 is 44.6. The number of hydrogen-bond donors (Lipinski definition) is 1. The Hall–Kier alpha value is -4.71. The number of amides is 2. The zero-order valence-electron chi connectivity index (χ0n) is 23.7. The first kappa shape index (κ1) is 29.8.